The molecule has 122 valence electrons. The van der Waals surface area contributed by atoms with Gasteiger partial charge in [0.25, 0.3) is 0 Å². The highest BCUT2D eigenvalue weighted by Gasteiger charge is 2.30. The lowest BCUT2D eigenvalue weighted by atomic mass is 9.91. The summed E-state index contributed by atoms with van der Waals surface area (Å²) in [5.74, 6) is 0.551. The molecule has 1 aromatic heterocycles. The molecule has 24 heavy (non-hydrogen) atoms. The zero-order valence-corrected chi connectivity index (χ0v) is 13.8. The number of benzene rings is 2. The van der Waals surface area contributed by atoms with E-state index in [1.54, 1.807) is 18.3 Å². The van der Waals surface area contributed by atoms with Crippen molar-refractivity contribution in [3.8, 4) is 11.5 Å². The van der Waals surface area contributed by atoms with Gasteiger partial charge in [0.15, 0.2) is 5.58 Å². The topological polar surface area (TPSA) is 73.6 Å². The van der Waals surface area contributed by atoms with Gasteiger partial charge in [0.1, 0.15) is 17.3 Å². The van der Waals surface area contributed by atoms with Crippen molar-refractivity contribution in [3.63, 3.8) is 0 Å². The van der Waals surface area contributed by atoms with E-state index in [9.17, 15) is 0 Å². The molecule has 0 fully saturated rings. The Morgan fingerprint density at radius 1 is 1.25 bits per heavy atom. The Bertz CT molecular complexity index is 937. The summed E-state index contributed by atoms with van der Waals surface area (Å²) >= 11 is 6.00. The minimum atomic E-state index is -0.471. The summed E-state index contributed by atoms with van der Waals surface area (Å²) in [7, 11) is 0. The molecule has 6 heteroatoms. The number of oxazole rings is 1. The van der Waals surface area contributed by atoms with Crippen molar-refractivity contribution in [2.45, 2.75) is 18.7 Å². The first-order valence-electron chi connectivity index (χ1n) is 7.63. The highest BCUT2D eigenvalue weighted by molar-refractivity contribution is 6.31. The standard InChI is InChI=1S/C18H16ClN3O2/c1-18(10-23-16(20)9-21-18)12-4-2-3-11(7-12)17-22-14-6-5-13(19)8-15(14)24-17/h2-9,16H,10,20H2,1H3. The number of nitrogens with zero attached hydrogens (tertiary/aromatic N) is 2. The first-order valence-corrected chi connectivity index (χ1v) is 8.01. The molecule has 2 atom stereocenters. The number of rotatable bonds is 2. The van der Waals surface area contributed by atoms with Crippen molar-refractivity contribution in [2.75, 3.05) is 6.61 Å². The van der Waals surface area contributed by atoms with E-state index in [1.807, 2.05) is 37.3 Å². The number of nitrogens with two attached hydrogens (primary N) is 1. The van der Waals surface area contributed by atoms with Crippen LogP contribution < -0.4 is 5.73 Å². The number of ether oxygens (including phenoxy) is 1. The summed E-state index contributed by atoms with van der Waals surface area (Å²) in [6.45, 7) is 2.44. The van der Waals surface area contributed by atoms with E-state index in [0.29, 0.717) is 23.1 Å². The average Bonchev–Trinajstić information content (AvgIpc) is 3.01. The minimum Gasteiger partial charge on any atom is -0.436 e. The van der Waals surface area contributed by atoms with Crippen LogP contribution in [-0.2, 0) is 10.3 Å². The number of hydrogen-bond donors (Lipinski definition) is 1. The van der Waals surface area contributed by atoms with E-state index in [1.165, 1.54) is 0 Å². The second-order valence-electron chi connectivity index (χ2n) is 6.04. The van der Waals surface area contributed by atoms with Crippen LogP contribution in [0, 0.1) is 0 Å². The average molecular weight is 342 g/mol. The normalized spacial score (nSPS) is 23.7. The van der Waals surface area contributed by atoms with E-state index >= 15 is 0 Å². The van der Waals surface area contributed by atoms with Gasteiger partial charge in [-0.25, -0.2) is 4.98 Å². The largest absolute Gasteiger partial charge is 0.436 e. The van der Waals surface area contributed by atoms with Crippen LogP contribution in [0.3, 0.4) is 0 Å². The Kier molecular flexibility index (Phi) is 3.64. The molecule has 0 amide bonds. The predicted molar refractivity (Wildman–Crippen MR) is 94.2 cm³/mol. The van der Waals surface area contributed by atoms with Crippen LogP contribution in [0.1, 0.15) is 12.5 Å². The summed E-state index contributed by atoms with van der Waals surface area (Å²) in [5.41, 5.74) is 8.57. The maximum absolute atomic E-state index is 6.00. The summed E-state index contributed by atoms with van der Waals surface area (Å²) in [6, 6.07) is 13.4. The highest BCUT2D eigenvalue weighted by Crippen LogP contribution is 2.32. The maximum atomic E-state index is 6.00. The third-order valence-electron chi connectivity index (χ3n) is 4.15. The number of aliphatic imine (C=N–C) groups is 1. The molecule has 0 saturated carbocycles. The number of hydrogen-bond acceptors (Lipinski definition) is 5. The van der Waals surface area contributed by atoms with Gasteiger partial charge < -0.3 is 14.9 Å². The van der Waals surface area contributed by atoms with Crippen LogP contribution in [0.15, 0.2) is 51.9 Å². The third kappa shape index (κ3) is 2.71. The summed E-state index contributed by atoms with van der Waals surface area (Å²) < 4.78 is 11.4. The van der Waals surface area contributed by atoms with Gasteiger partial charge in [-0.1, -0.05) is 23.7 Å². The van der Waals surface area contributed by atoms with E-state index in [4.69, 9.17) is 26.5 Å². The zero-order chi connectivity index (χ0) is 16.7. The molecule has 2 heterocycles. The summed E-state index contributed by atoms with van der Waals surface area (Å²) in [5, 5.41) is 0.622. The van der Waals surface area contributed by atoms with Crippen LogP contribution in [0.4, 0.5) is 0 Å². The lowest BCUT2D eigenvalue weighted by molar-refractivity contribution is 0.0535. The van der Waals surface area contributed by atoms with Crippen molar-refractivity contribution >= 4 is 28.9 Å². The van der Waals surface area contributed by atoms with Crippen molar-refractivity contribution in [3.05, 3.63) is 53.1 Å². The molecule has 3 aromatic rings. The van der Waals surface area contributed by atoms with E-state index in [2.05, 4.69) is 9.98 Å². The van der Waals surface area contributed by atoms with Gasteiger partial charge in [-0.05, 0) is 36.8 Å². The first kappa shape index (κ1) is 15.3. The molecule has 0 saturated heterocycles. The quantitative estimate of drug-likeness (QED) is 0.770. The van der Waals surface area contributed by atoms with E-state index < -0.39 is 11.8 Å². The number of halogens is 1. The van der Waals surface area contributed by atoms with Crippen LogP contribution in [0.5, 0.6) is 0 Å². The SMILES string of the molecule is CC1(c2cccc(-c3nc4ccc(Cl)cc4o3)c2)COC(N)C=N1. The molecule has 0 aliphatic carbocycles. The van der Waals surface area contributed by atoms with Gasteiger partial charge in [-0.3, -0.25) is 4.99 Å². The Balaban J connectivity index is 1.75. The number of aromatic nitrogens is 1. The lowest BCUT2D eigenvalue weighted by Crippen LogP contribution is -2.39. The monoisotopic (exact) mass is 341 g/mol. The van der Waals surface area contributed by atoms with Crippen molar-refractivity contribution in [1.82, 2.24) is 4.98 Å². The molecule has 1 aliphatic heterocycles. The van der Waals surface area contributed by atoms with Crippen LogP contribution in [0.25, 0.3) is 22.6 Å². The van der Waals surface area contributed by atoms with Gasteiger partial charge in [0, 0.05) is 22.9 Å². The Labute approximate surface area is 144 Å². The molecule has 2 unspecified atom stereocenters. The fraction of sp³-hybridized carbons (Fsp3) is 0.222. The van der Waals surface area contributed by atoms with Crippen LogP contribution >= 0.6 is 11.6 Å². The van der Waals surface area contributed by atoms with Gasteiger partial charge in [0.05, 0.1) is 6.61 Å². The molecule has 0 radical (unpaired) electrons. The van der Waals surface area contributed by atoms with E-state index in [0.717, 1.165) is 16.6 Å². The molecule has 1 aliphatic rings. The highest BCUT2D eigenvalue weighted by atomic mass is 35.5. The van der Waals surface area contributed by atoms with Crippen molar-refractivity contribution in [2.24, 2.45) is 10.7 Å². The molecule has 5 nitrogen and oxygen atoms in total. The fourth-order valence-electron chi connectivity index (χ4n) is 2.74. The first-order chi connectivity index (χ1) is 11.5. The minimum absolute atomic E-state index is 0.428. The van der Waals surface area contributed by atoms with Crippen molar-refractivity contribution < 1.29 is 9.15 Å². The Morgan fingerprint density at radius 2 is 2.12 bits per heavy atom. The molecule has 4 rings (SSSR count). The number of fused-ring (bicyclic) bond motifs is 1. The second kappa shape index (κ2) is 5.70. The Morgan fingerprint density at radius 3 is 2.92 bits per heavy atom. The predicted octanol–water partition coefficient (Wildman–Crippen LogP) is 3.75. The van der Waals surface area contributed by atoms with Gasteiger partial charge in [0.2, 0.25) is 5.89 Å². The summed E-state index contributed by atoms with van der Waals surface area (Å²) in [6.07, 6.45) is 1.19. The van der Waals surface area contributed by atoms with Gasteiger partial charge >= 0.3 is 0 Å². The fourth-order valence-corrected chi connectivity index (χ4v) is 2.91. The molecule has 2 N–H and O–H groups in total. The van der Waals surface area contributed by atoms with E-state index in [-0.39, 0.29) is 0 Å². The summed E-state index contributed by atoms with van der Waals surface area (Å²) in [4.78, 5) is 9.09. The molecule has 0 bridgehead atoms. The second-order valence-corrected chi connectivity index (χ2v) is 6.48. The smallest absolute Gasteiger partial charge is 0.227 e. The van der Waals surface area contributed by atoms with Gasteiger partial charge in [-0.15, -0.1) is 0 Å². The van der Waals surface area contributed by atoms with Crippen LogP contribution in [0.2, 0.25) is 5.02 Å². The molecular formula is C18H16ClN3O2. The molecule has 2 aromatic carbocycles. The Hall–Kier alpha value is -2.21. The van der Waals surface area contributed by atoms with Crippen molar-refractivity contribution in [1.29, 1.82) is 0 Å². The zero-order valence-electron chi connectivity index (χ0n) is 13.1. The van der Waals surface area contributed by atoms with Crippen LogP contribution in [-0.4, -0.2) is 24.0 Å². The third-order valence-corrected chi connectivity index (χ3v) is 4.38. The maximum Gasteiger partial charge on any atom is 0.227 e. The lowest BCUT2D eigenvalue weighted by Gasteiger charge is -2.30. The molecule has 0 spiro atoms. The van der Waals surface area contributed by atoms with Gasteiger partial charge in [-0.2, -0.15) is 0 Å². The molecular weight excluding hydrogens is 326 g/mol.